The summed E-state index contributed by atoms with van der Waals surface area (Å²) in [5, 5.41) is 5.46. The topological polar surface area (TPSA) is 86.9 Å². The first-order chi connectivity index (χ1) is 11.5. The van der Waals surface area contributed by atoms with E-state index in [-0.39, 0.29) is 11.8 Å². The monoisotopic (exact) mass is 322 g/mol. The first-order valence-electron chi connectivity index (χ1n) is 7.59. The molecule has 0 fully saturated rings. The van der Waals surface area contributed by atoms with Crippen LogP contribution in [0.5, 0.6) is 0 Å². The van der Waals surface area contributed by atoms with E-state index in [1.165, 1.54) is 0 Å². The van der Waals surface area contributed by atoms with Gasteiger partial charge in [-0.05, 0) is 49.7 Å². The number of aryl methyl sites for hydroxylation is 1. The van der Waals surface area contributed by atoms with Gasteiger partial charge in [0.05, 0.1) is 11.0 Å². The Kier molecular flexibility index (Phi) is 4.04. The van der Waals surface area contributed by atoms with Crippen LogP contribution in [0.3, 0.4) is 0 Å². The molecule has 0 aliphatic carbocycles. The lowest BCUT2D eigenvalue weighted by Gasteiger charge is -2.11. The van der Waals surface area contributed by atoms with Crippen LogP contribution in [-0.4, -0.2) is 28.8 Å². The standard InChI is InChI=1S/C18H18N4O2/c1-10-13(18(24)19-3)5-4-6-14(10)22-17(23)12-7-8-15-16(9-12)21-11(2)20-15/h4-9H,1-3H3,(H,19,24)(H,20,21)(H,22,23). The van der Waals surface area contributed by atoms with Crippen molar-refractivity contribution in [3.63, 3.8) is 0 Å². The van der Waals surface area contributed by atoms with Crippen molar-refractivity contribution in [2.75, 3.05) is 12.4 Å². The lowest BCUT2D eigenvalue weighted by molar-refractivity contribution is 0.0960. The number of fused-ring (bicyclic) bond motifs is 1. The Morgan fingerprint density at radius 2 is 1.88 bits per heavy atom. The number of imidazole rings is 1. The van der Waals surface area contributed by atoms with Crippen LogP contribution in [-0.2, 0) is 0 Å². The molecule has 2 aromatic carbocycles. The summed E-state index contributed by atoms with van der Waals surface area (Å²) < 4.78 is 0. The molecule has 1 heterocycles. The second-order valence-corrected chi connectivity index (χ2v) is 5.57. The Balaban J connectivity index is 1.89. The first-order valence-corrected chi connectivity index (χ1v) is 7.59. The molecule has 122 valence electrons. The zero-order valence-corrected chi connectivity index (χ0v) is 13.7. The predicted octanol–water partition coefficient (Wildman–Crippen LogP) is 2.79. The molecule has 0 saturated heterocycles. The van der Waals surface area contributed by atoms with Crippen LogP contribution in [0.4, 0.5) is 5.69 Å². The molecule has 6 nitrogen and oxygen atoms in total. The van der Waals surface area contributed by atoms with Gasteiger partial charge in [0.2, 0.25) is 0 Å². The molecule has 1 aromatic heterocycles. The Labute approximate surface area is 139 Å². The molecule has 0 atom stereocenters. The van der Waals surface area contributed by atoms with Crippen LogP contribution in [0.1, 0.15) is 32.1 Å². The molecule has 24 heavy (non-hydrogen) atoms. The molecule has 3 N–H and O–H groups in total. The van der Waals surface area contributed by atoms with Gasteiger partial charge in [-0.25, -0.2) is 4.98 Å². The van der Waals surface area contributed by atoms with Gasteiger partial charge in [0.1, 0.15) is 5.82 Å². The lowest BCUT2D eigenvalue weighted by atomic mass is 10.1. The van der Waals surface area contributed by atoms with Crippen molar-refractivity contribution in [1.82, 2.24) is 15.3 Å². The number of H-pyrrole nitrogens is 1. The molecule has 0 aliphatic heterocycles. The van der Waals surface area contributed by atoms with Gasteiger partial charge in [0.15, 0.2) is 0 Å². The minimum absolute atomic E-state index is 0.182. The summed E-state index contributed by atoms with van der Waals surface area (Å²) in [5.41, 5.74) is 4.04. The normalized spacial score (nSPS) is 10.6. The quantitative estimate of drug-likeness (QED) is 0.693. The SMILES string of the molecule is CNC(=O)c1cccc(NC(=O)c2ccc3nc(C)[nH]c3c2)c1C. The number of nitrogens with one attached hydrogen (secondary N) is 3. The predicted molar refractivity (Wildman–Crippen MR) is 93.4 cm³/mol. The fourth-order valence-corrected chi connectivity index (χ4v) is 2.62. The van der Waals surface area contributed by atoms with Crippen molar-refractivity contribution < 1.29 is 9.59 Å². The number of carbonyl (C=O) groups excluding carboxylic acids is 2. The minimum Gasteiger partial charge on any atom is -0.355 e. The molecule has 0 saturated carbocycles. The van der Waals surface area contributed by atoms with Crippen molar-refractivity contribution in [2.45, 2.75) is 13.8 Å². The number of anilines is 1. The van der Waals surface area contributed by atoms with Gasteiger partial charge in [-0.2, -0.15) is 0 Å². The Morgan fingerprint density at radius 1 is 1.08 bits per heavy atom. The zero-order chi connectivity index (χ0) is 17.3. The molecule has 0 bridgehead atoms. The van der Waals surface area contributed by atoms with Gasteiger partial charge < -0.3 is 15.6 Å². The van der Waals surface area contributed by atoms with Crippen LogP contribution in [0.25, 0.3) is 11.0 Å². The van der Waals surface area contributed by atoms with E-state index in [4.69, 9.17) is 0 Å². The summed E-state index contributed by atoms with van der Waals surface area (Å²) in [6.07, 6.45) is 0. The van der Waals surface area contributed by atoms with Gasteiger partial charge >= 0.3 is 0 Å². The minimum atomic E-state index is -0.235. The average Bonchev–Trinajstić information content (AvgIpc) is 2.95. The summed E-state index contributed by atoms with van der Waals surface area (Å²) in [7, 11) is 1.58. The molecule has 3 rings (SSSR count). The molecule has 6 heteroatoms. The van der Waals surface area contributed by atoms with Crippen LogP contribution in [0.15, 0.2) is 36.4 Å². The summed E-state index contributed by atoms with van der Waals surface area (Å²) in [6.45, 7) is 3.68. The Morgan fingerprint density at radius 3 is 2.62 bits per heavy atom. The molecule has 0 radical (unpaired) electrons. The maximum absolute atomic E-state index is 12.5. The number of hydrogen-bond acceptors (Lipinski definition) is 3. The number of amides is 2. The van der Waals surface area contributed by atoms with Gasteiger partial charge in [-0.15, -0.1) is 0 Å². The van der Waals surface area contributed by atoms with Crippen LogP contribution in [0.2, 0.25) is 0 Å². The van der Waals surface area contributed by atoms with Crippen molar-refractivity contribution in [3.05, 3.63) is 58.9 Å². The summed E-state index contributed by atoms with van der Waals surface area (Å²) in [4.78, 5) is 31.8. The van der Waals surface area contributed by atoms with E-state index in [0.717, 1.165) is 22.4 Å². The third-order valence-corrected chi connectivity index (χ3v) is 3.92. The fourth-order valence-electron chi connectivity index (χ4n) is 2.62. The highest BCUT2D eigenvalue weighted by molar-refractivity contribution is 6.07. The Hall–Kier alpha value is -3.15. The van der Waals surface area contributed by atoms with Crippen LogP contribution < -0.4 is 10.6 Å². The molecular weight excluding hydrogens is 304 g/mol. The third-order valence-electron chi connectivity index (χ3n) is 3.92. The van der Waals surface area contributed by atoms with Crippen molar-refractivity contribution in [1.29, 1.82) is 0 Å². The summed E-state index contributed by atoms with van der Waals surface area (Å²) in [6, 6.07) is 10.6. The number of rotatable bonds is 3. The highest BCUT2D eigenvalue weighted by Gasteiger charge is 2.13. The lowest BCUT2D eigenvalue weighted by Crippen LogP contribution is -2.20. The fraction of sp³-hybridized carbons (Fsp3) is 0.167. The number of carbonyl (C=O) groups is 2. The maximum atomic E-state index is 12.5. The van der Waals surface area contributed by atoms with Crippen LogP contribution >= 0.6 is 0 Å². The van der Waals surface area contributed by atoms with E-state index in [9.17, 15) is 9.59 Å². The maximum Gasteiger partial charge on any atom is 0.255 e. The number of aromatic nitrogens is 2. The molecular formula is C18H18N4O2. The third kappa shape index (κ3) is 2.86. The molecule has 0 aliphatic rings. The van der Waals surface area contributed by atoms with Gasteiger partial charge in [-0.1, -0.05) is 6.07 Å². The Bertz CT molecular complexity index is 943. The summed E-state index contributed by atoms with van der Waals surface area (Å²) >= 11 is 0. The first kappa shape index (κ1) is 15.7. The second kappa shape index (κ2) is 6.16. The highest BCUT2D eigenvalue weighted by atomic mass is 16.2. The van der Waals surface area contributed by atoms with E-state index in [2.05, 4.69) is 20.6 Å². The van der Waals surface area contributed by atoms with E-state index >= 15 is 0 Å². The number of benzene rings is 2. The molecule has 0 unspecified atom stereocenters. The van der Waals surface area contributed by atoms with Crippen molar-refractivity contribution in [2.24, 2.45) is 0 Å². The molecule has 3 aromatic rings. The molecule has 0 spiro atoms. The number of aromatic amines is 1. The van der Waals surface area contributed by atoms with E-state index in [0.29, 0.717) is 16.8 Å². The van der Waals surface area contributed by atoms with E-state index < -0.39 is 0 Å². The van der Waals surface area contributed by atoms with Gasteiger partial charge in [-0.3, -0.25) is 9.59 Å². The number of nitrogens with zero attached hydrogens (tertiary/aromatic N) is 1. The smallest absolute Gasteiger partial charge is 0.255 e. The van der Waals surface area contributed by atoms with E-state index in [1.807, 2.05) is 19.9 Å². The highest BCUT2D eigenvalue weighted by Crippen LogP contribution is 2.21. The largest absolute Gasteiger partial charge is 0.355 e. The second-order valence-electron chi connectivity index (χ2n) is 5.57. The van der Waals surface area contributed by atoms with E-state index in [1.54, 1.807) is 37.4 Å². The van der Waals surface area contributed by atoms with Crippen molar-refractivity contribution in [3.8, 4) is 0 Å². The van der Waals surface area contributed by atoms with Crippen LogP contribution in [0, 0.1) is 13.8 Å². The van der Waals surface area contributed by atoms with Crippen molar-refractivity contribution >= 4 is 28.5 Å². The zero-order valence-electron chi connectivity index (χ0n) is 13.7. The average molecular weight is 322 g/mol. The van der Waals surface area contributed by atoms with Gasteiger partial charge in [0.25, 0.3) is 11.8 Å². The summed E-state index contributed by atoms with van der Waals surface area (Å²) in [5.74, 6) is 0.385. The van der Waals surface area contributed by atoms with Gasteiger partial charge in [0, 0.05) is 23.9 Å². The number of hydrogen-bond donors (Lipinski definition) is 3. The molecule has 2 amide bonds.